The van der Waals surface area contributed by atoms with E-state index in [1.54, 1.807) is 0 Å². The molecular formula is C42H29N3S. The van der Waals surface area contributed by atoms with Crippen LogP contribution in [0, 0.1) is 0 Å². The maximum atomic E-state index is 4.98. The summed E-state index contributed by atoms with van der Waals surface area (Å²) in [6, 6.07) is 49.3. The van der Waals surface area contributed by atoms with E-state index in [0.29, 0.717) is 17.5 Å². The Labute approximate surface area is 271 Å². The highest BCUT2D eigenvalue weighted by atomic mass is 32.1. The van der Waals surface area contributed by atoms with Crippen molar-refractivity contribution in [3.63, 3.8) is 0 Å². The maximum Gasteiger partial charge on any atom is 0.164 e. The first kappa shape index (κ1) is 26.9. The van der Waals surface area contributed by atoms with Gasteiger partial charge in [0.1, 0.15) is 0 Å². The third kappa shape index (κ3) is 4.22. The van der Waals surface area contributed by atoms with Gasteiger partial charge in [0.05, 0.1) is 0 Å². The Balaban J connectivity index is 1.19. The molecule has 1 aliphatic carbocycles. The molecule has 6 aromatic carbocycles. The van der Waals surface area contributed by atoms with Crippen molar-refractivity contribution in [1.82, 2.24) is 15.0 Å². The molecule has 1 aliphatic rings. The number of fused-ring (bicyclic) bond motifs is 6. The van der Waals surface area contributed by atoms with E-state index < -0.39 is 0 Å². The summed E-state index contributed by atoms with van der Waals surface area (Å²) in [6.07, 6.45) is 0. The third-order valence-corrected chi connectivity index (χ3v) is 10.5. The van der Waals surface area contributed by atoms with Gasteiger partial charge in [0.15, 0.2) is 17.5 Å². The minimum Gasteiger partial charge on any atom is -0.208 e. The Morgan fingerprint density at radius 3 is 1.72 bits per heavy atom. The third-order valence-electron chi connectivity index (χ3n) is 9.33. The summed E-state index contributed by atoms with van der Waals surface area (Å²) in [5.74, 6) is 1.99. The first-order valence-corrected chi connectivity index (χ1v) is 16.4. The van der Waals surface area contributed by atoms with Crippen molar-refractivity contribution in [2.75, 3.05) is 0 Å². The molecule has 0 unspecified atom stereocenters. The van der Waals surface area contributed by atoms with E-state index in [2.05, 4.69) is 92.7 Å². The molecule has 0 fully saturated rings. The lowest BCUT2D eigenvalue weighted by Gasteiger charge is -2.21. The lowest BCUT2D eigenvalue weighted by Crippen LogP contribution is -2.14. The second-order valence-electron chi connectivity index (χ2n) is 12.5. The fourth-order valence-corrected chi connectivity index (χ4v) is 8.24. The smallest absolute Gasteiger partial charge is 0.164 e. The zero-order valence-electron chi connectivity index (χ0n) is 25.5. The van der Waals surface area contributed by atoms with Crippen molar-refractivity contribution in [1.29, 1.82) is 0 Å². The highest BCUT2D eigenvalue weighted by Gasteiger charge is 2.35. The lowest BCUT2D eigenvalue weighted by molar-refractivity contribution is 0.661. The number of hydrogen-bond acceptors (Lipinski definition) is 4. The predicted octanol–water partition coefficient (Wildman–Crippen LogP) is 11.2. The fraction of sp³-hybridized carbons (Fsp3) is 0.0714. The highest BCUT2D eigenvalue weighted by Crippen LogP contribution is 2.52. The quantitative estimate of drug-likeness (QED) is 0.200. The Morgan fingerprint density at radius 1 is 0.435 bits per heavy atom. The monoisotopic (exact) mass is 607 g/mol. The van der Waals surface area contributed by atoms with Crippen LogP contribution in [0.25, 0.3) is 76.6 Å². The molecule has 2 heterocycles. The van der Waals surface area contributed by atoms with Crippen molar-refractivity contribution in [2.45, 2.75) is 19.3 Å². The van der Waals surface area contributed by atoms with Gasteiger partial charge in [-0.15, -0.1) is 11.3 Å². The van der Waals surface area contributed by atoms with Crippen molar-refractivity contribution in [3.05, 3.63) is 151 Å². The van der Waals surface area contributed by atoms with Gasteiger partial charge in [-0.3, -0.25) is 0 Å². The van der Waals surface area contributed by atoms with Crippen LogP contribution in [0.5, 0.6) is 0 Å². The van der Waals surface area contributed by atoms with E-state index in [9.17, 15) is 0 Å². The SMILES string of the molecule is CC1(C)c2ccccc2-c2cc3c(cc21)sc1c(-c2cccc(-c4nc(-c5ccccc5)nc(-c5ccccc5)n4)c2)cccc13. The zero-order chi connectivity index (χ0) is 30.8. The summed E-state index contributed by atoms with van der Waals surface area (Å²) < 4.78 is 2.63. The molecule has 0 N–H and O–H groups in total. The van der Waals surface area contributed by atoms with Gasteiger partial charge in [0.2, 0.25) is 0 Å². The molecule has 0 radical (unpaired) electrons. The maximum absolute atomic E-state index is 4.98. The topological polar surface area (TPSA) is 38.7 Å². The summed E-state index contributed by atoms with van der Waals surface area (Å²) in [5.41, 5.74) is 10.8. The van der Waals surface area contributed by atoms with Crippen molar-refractivity contribution >= 4 is 31.5 Å². The molecule has 0 spiro atoms. The van der Waals surface area contributed by atoms with Crippen LogP contribution in [0.1, 0.15) is 25.0 Å². The van der Waals surface area contributed by atoms with Crippen LogP contribution in [0.3, 0.4) is 0 Å². The van der Waals surface area contributed by atoms with Crippen LogP contribution >= 0.6 is 11.3 Å². The molecule has 4 heteroatoms. The molecular weight excluding hydrogens is 579 g/mol. The fourth-order valence-electron chi connectivity index (χ4n) is 6.98. The van der Waals surface area contributed by atoms with E-state index in [4.69, 9.17) is 15.0 Å². The van der Waals surface area contributed by atoms with E-state index >= 15 is 0 Å². The summed E-state index contributed by atoms with van der Waals surface area (Å²) in [4.78, 5) is 14.8. The van der Waals surface area contributed by atoms with Gasteiger partial charge in [0, 0.05) is 42.3 Å². The molecule has 0 bridgehead atoms. The zero-order valence-corrected chi connectivity index (χ0v) is 26.3. The normalized spacial score (nSPS) is 13.2. The van der Waals surface area contributed by atoms with Crippen molar-refractivity contribution < 1.29 is 0 Å². The van der Waals surface area contributed by atoms with E-state index in [0.717, 1.165) is 22.3 Å². The summed E-state index contributed by atoms with van der Waals surface area (Å²) in [5, 5.41) is 2.62. The predicted molar refractivity (Wildman–Crippen MR) is 192 cm³/mol. The van der Waals surface area contributed by atoms with Crippen molar-refractivity contribution in [3.8, 4) is 56.4 Å². The number of hydrogen-bond donors (Lipinski definition) is 0. The van der Waals surface area contributed by atoms with E-state index in [-0.39, 0.29) is 5.41 Å². The molecule has 0 amide bonds. The molecule has 218 valence electrons. The number of rotatable bonds is 4. The highest BCUT2D eigenvalue weighted by molar-refractivity contribution is 7.26. The van der Waals surface area contributed by atoms with Gasteiger partial charge in [-0.05, 0) is 51.6 Å². The second-order valence-corrected chi connectivity index (χ2v) is 13.5. The Kier molecular flexibility index (Phi) is 6.02. The number of benzene rings is 6. The average Bonchev–Trinajstić information content (AvgIpc) is 3.59. The number of nitrogens with zero attached hydrogens (tertiary/aromatic N) is 3. The molecule has 0 saturated carbocycles. The van der Waals surface area contributed by atoms with Gasteiger partial charge in [0.25, 0.3) is 0 Å². The molecule has 0 saturated heterocycles. The largest absolute Gasteiger partial charge is 0.208 e. The standard InChI is InChI=1S/C42H29N3S/c1-42(2)35-22-10-9-19-31(35)33-24-34-32-21-12-20-30(38(32)46-37(34)25-36(33)42)28-17-11-18-29(23-28)41-44-39(26-13-5-3-6-14-26)43-40(45-41)27-15-7-4-8-16-27/h3-25H,1-2H3. The molecule has 3 nitrogen and oxygen atoms in total. The number of thiophene rings is 1. The van der Waals surface area contributed by atoms with Gasteiger partial charge >= 0.3 is 0 Å². The first-order chi connectivity index (χ1) is 22.5. The van der Waals surface area contributed by atoms with Gasteiger partial charge in [-0.2, -0.15) is 0 Å². The minimum absolute atomic E-state index is 0.0187. The molecule has 9 rings (SSSR count). The van der Waals surface area contributed by atoms with Gasteiger partial charge < -0.3 is 0 Å². The van der Waals surface area contributed by atoms with Crippen LogP contribution in [0.2, 0.25) is 0 Å². The second kappa shape index (κ2) is 10.3. The molecule has 0 atom stereocenters. The summed E-state index contributed by atoms with van der Waals surface area (Å²) in [6.45, 7) is 4.70. The van der Waals surface area contributed by atoms with Crippen molar-refractivity contribution in [2.24, 2.45) is 0 Å². The van der Waals surface area contributed by atoms with Crippen LogP contribution in [0.4, 0.5) is 0 Å². The first-order valence-electron chi connectivity index (χ1n) is 15.6. The Bertz CT molecular complexity index is 2380. The van der Waals surface area contributed by atoms with Crippen LogP contribution in [0.15, 0.2) is 140 Å². The average molecular weight is 608 g/mol. The van der Waals surface area contributed by atoms with Crippen LogP contribution in [-0.4, -0.2) is 15.0 Å². The number of aromatic nitrogens is 3. The minimum atomic E-state index is -0.0187. The molecule has 2 aromatic heterocycles. The van der Waals surface area contributed by atoms with E-state index in [1.807, 2.05) is 72.0 Å². The van der Waals surface area contributed by atoms with Gasteiger partial charge in [-0.1, -0.05) is 135 Å². The molecule has 0 aliphatic heterocycles. The molecule has 8 aromatic rings. The summed E-state index contributed by atoms with van der Waals surface area (Å²) in [7, 11) is 0. The molecule has 46 heavy (non-hydrogen) atoms. The van der Waals surface area contributed by atoms with Crippen LogP contribution < -0.4 is 0 Å². The Hall–Kier alpha value is -5.45. The van der Waals surface area contributed by atoms with Gasteiger partial charge in [-0.25, -0.2) is 15.0 Å². The summed E-state index contributed by atoms with van der Waals surface area (Å²) >= 11 is 1.89. The van der Waals surface area contributed by atoms with Crippen LogP contribution in [-0.2, 0) is 5.41 Å². The Morgan fingerprint density at radius 2 is 1.00 bits per heavy atom. The lowest BCUT2D eigenvalue weighted by atomic mass is 9.82. The van der Waals surface area contributed by atoms with E-state index in [1.165, 1.54) is 48.0 Å².